The van der Waals surface area contributed by atoms with E-state index in [-0.39, 0.29) is 17.3 Å². The summed E-state index contributed by atoms with van der Waals surface area (Å²) in [4.78, 5) is 7.94. The number of anilines is 2. The fourth-order valence-corrected chi connectivity index (χ4v) is 2.38. The summed E-state index contributed by atoms with van der Waals surface area (Å²) in [5, 5.41) is 9.26. The first-order valence-corrected chi connectivity index (χ1v) is 7.68. The van der Waals surface area contributed by atoms with Crippen LogP contribution in [0.15, 0.2) is 48.5 Å². The fraction of sp³-hybridized carbons (Fsp3) is 0.105. The maximum Gasteiger partial charge on any atom is 0.222 e. The quantitative estimate of drug-likeness (QED) is 0.760. The second kappa shape index (κ2) is 6.89. The molecule has 4 N–H and O–H groups in total. The molecule has 3 aromatic rings. The zero-order valence-corrected chi connectivity index (χ0v) is 13.7. The van der Waals surface area contributed by atoms with Crippen LogP contribution in [0.4, 0.5) is 11.8 Å². The van der Waals surface area contributed by atoms with Gasteiger partial charge in [-0.1, -0.05) is 29.8 Å². The van der Waals surface area contributed by atoms with Crippen molar-refractivity contribution in [2.24, 2.45) is 0 Å². The molecule has 0 spiro atoms. The molecule has 0 amide bonds. The lowest BCUT2D eigenvalue weighted by molar-refractivity contribution is 0.306. The second-order valence-corrected chi connectivity index (χ2v) is 5.60. The molecule has 0 aliphatic carbocycles. The minimum absolute atomic E-state index is 0.0335. The molecule has 25 heavy (non-hydrogen) atoms. The molecule has 0 bridgehead atoms. The van der Waals surface area contributed by atoms with Gasteiger partial charge in [-0.15, -0.1) is 0 Å². The Hall–Kier alpha value is -3.59. The monoisotopic (exact) mass is 331 g/mol. The van der Waals surface area contributed by atoms with Gasteiger partial charge in [-0.05, 0) is 36.8 Å². The number of nitriles is 1. The molecule has 0 aliphatic rings. The van der Waals surface area contributed by atoms with Gasteiger partial charge >= 0.3 is 0 Å². The van der Waals surface area contributed by atoms with Crippen molar-refractivity contribution in [3.8, 4) is 23.1 Å². The van der Waals surface area contributed by atoms with Crippen LogP contribution in [0.25, 0.3) is 11.3 Å². The zero-order chi connectivity index (χ0) is 17.8. The Labute approximate surface area is 145 Å². The number of hydrogen-bond donors (Lipinski definition) is 2. The van der Waals surface area contributed by atoms with Crippen LogP contribution >= 0.6 is 0 Å². The summed E-state index contributed by atoms with van der Waals surface area (Å²) in [7, 11) is 0. The van der Waals surface area contributed by atoms with Gasteiger partial charge in [-0.3, -0.25) is 0 Å². The van der Waals surface area contributed by atoms with Gasteiger partial charge in [0.2, 0.25) is 5.95 Å². The smallest absolute Gasteiger partial charge is 0.222 e. The van der Waals surface area contributed by atoms with Crippen molar-refractivity contribution < 1.29 is 4.74 Å². The maximum atomic E-state index is 9.26. The van der Waals surface area contributed by atoms with Crippen molar-refractivity contribution >= 4 is 11.8 Å². The average molecular weight is 331 g/mol. The summed E-state index contributed by atoms with van der Waals surface area (Å²) < 4.78 is 5.78. The Kier molecular flexibility index (Phi) is 4.48. The largest absolute Gasteiger partial charge is 0.489 e. The van der Waals surface area contributed by atoms with Gasteiger partial charge in [-0.2, -0.15) is 10.2 Å². The highest BCUT2D eigenvalue weighted by molar-refractivity contribution is 5.73. The lowest BCUT2D eigenvalue weighted by atomic mass is 10.1. The molecule has 0 aliphatic heterocycles. The summed E-state index contributed by atoms with van der Waals surface area (Å²) in [5.74, 6) is 0.828. The standard InChI is InChI=1S/C19H17N5O/c1-12-2-4-13(5-3-12)11-25-15-8-6-14(7-9-15)17-16(10-20)18(21)24-19(22)23-17/h2-9H,11H2,1H3,(H4,21,22,23,24). The molecule has 124 valence electrons. The van der Waals surface area contributed by atoms with E-state index in [1.54, 1.807) is 0 Å². The van der Waals surface area contributed by atoms with E-state index >= 15 is 0 Å². The number of ether oxygens (including phenoxy) is 1. The average Bonchev–Trinajstić information content (AvgIpc) is 2.61. The van der Waals surface area contributed by atoms with E-state index in [9.17, 15) is 5.26 Å². The van der Waals surface area contributed by atoms with E-state index in [1.807, 2.05) is 49.4 Å². The SMILES string of the molecule is Cc1ccc(COc2ccc(-c3nc(N)nc(N)c3C#N)cc2)cc1. The van der Waals surface area contributed by atoms with E-state index in [0.29, 0.717) is 12.3 Å². The van der Waals surface area contributed by atoms with Gasteiger partial charge < -0.3 is 16.2 Å². The highest BCUT2D eigenvalue weighted by Crippen LogP contribution is 2.27. The molecule has 3 rings (SSSR count). The third-order valence-corrected chi connectivity index (χ3v) is 3.72. The summed E-state index contributed by atoms with van der Waals surface area (Å²) in [6.07, 6.45) is 0. The van der Waals surface area contributed by atoms with Crippen LogP contribution in [0.3, 0.4) is 0 Å². The van der Waals surface area contributed by atoms with Gasteiger partial charge in [0.1, 0.15) is 29.8 Å². The highest BCUT2D eigenvalue weighted by Gasteiger charge is 2.13. The zero-order valence-electron chi connectivity index (χ0n) is 13.7. The minimum atomic E-state index is 0.0335. The summed E-state index contributed by atoms with van der Waals surface area (Å²) >= 11 is 0. The van der Waals surface area contributed by atoms with Gasteiger partial charge in [-0.25, -0.2) is 4.98 Å². The Morgan fingerprint density at radius 3 is 2.32 bits per heavy atom. The Morgan fingerprint density at radius 1 is 1.00 bits per heavy atom. The number of nitrogens with two attached hydrogens (primary N) is 2. The van der Waals surface area contributed by atoms with Crippen molar-refractivity contribution in [3.05, 3.63) is 65.2 Å². The Balaban J connectivity index is 1.79. The van der Waals surface area contributed by atoms with Crippen molar-refractivity contribution in [3.63, 3.8) is 0 Å². The van der Waals surface area contributed by atoms with E-state index in [4.69, 9.17) is 16.2 Å². The topological polar surface area (TPSA) is 111 Å². The molecule has 0 unspecified atom stereocenters. The first kappa shape index (κ1) is 16.3. The van der Waals surface area contributed by atoms with Crippen molar-refractivity contribution in [2.75, 3.05) is 11.5 Å². The van der Waals surface area contributed by atoms with Gasteiger partial charge in [0.15, 0.2) is 0 Å². The predicted molar refractivity (Wildman–Crippen MR) is 96.5 cm³/mol. The summed E-state index contributed by atoms with van der Waals surface area (Å²) in [6, 6.07) is 17.5. The van der Waals surface area contributed by atoms with E-state index in [2.05, 4.69) is 22.1 Å². The van der Waals surface area contributed by atoms with Crippen molar-refractivity contribution in [1.82, 2.24) is 9.97 Å². The Morgan fingerprint density at radius 2 is 1.68 bits per heavy atom. The van der Waals surface area contributed by atoms with E-state index < -0.39 is 0 Å². The van der Waals surface area contributed by atoms with Crippen molar-refractivity contribution in [2.45, 2.75) is 13.5 Å². The first-order valence-electron chi connectivity index (χ1n) is 7.68. The molecule has 0 atom stereocenters. The first-order chi connectivity index (χ1) is 12.1. The van der Waals surface area contributed by atoms with Crippen LogP contribution in [-0.4, -0.2) is 9.97 Å². The summed E-state index contributed by atoms with van der Waals surface area (Å²) in [6.45, 7) is 2.53. The molecular weight excluding hydrogens is 314 g/mol. The lowest BCUT2D eigenvalue weighted by Gasteiger charge is -2.09. The molecule has 0 radical (unpaired) electrons. The van der Waals surface area contributed by atoms with Crippen LogP contribution in [0.1, 0.15) is 16.7 Å². The predicted octanol–water partition coefficient (Wildman–Crippen LogP) is 3.07. The lowest BCUT2D eigenvalue weighted by Crippen LogP contribution is -2.05. The van der Waals surface area contributed by atoms with Crippen LogP contribution in [-0.2, 0) is 6.61 Å². The number of hydrogen-bond acceptors (Lipinski definition) is 6. The molecule has 2 aromatic carbocycles. The molecule has 6 heteroatoms. The number of aromatic nitrogens is 2. The van der Waals surface area contributed by atoms with Crippen LogP contribution in [0.2, 0.25) is 0 Å². The fourth-order valence-electron chi connectivity index (χ4n) is 2.38. The highest BCUT2D eigenvalue weighted by atomic mass is 16.5. The number of nitrogen functional groups attached to an aromatic ring is 2. The number of benzene rings is 2. The minimum Gasteiger partial charge on any atom is -0.489 e. The van der Waals surface area contributed by atoms with Crippen LogP contribution < -0.4 is 16.2 Å². The van der Waals surface area contributed by atoms with Gasteiger partial charge in [0.05, 0.1) is 5.69 Å². The van der Waals surface area contributed by atoms with E-state index in [0.717, 1.165) is 16.9 Å². The maximum absolute atomic E-state index is 9.26. The van der Waals surface area contributed by atoms with Gasteiger partial charge in [0, 0.05) is 5.56 Å². The summed E-state index contributed by atoms with van der Waals surface area (Å²) in [5.41, 5.74) is 15.0. The van der Waals surface area contributed by atoms with E-state index in [1.165, 1.54) is 5.56 Å². The molecule has 0 saturated heterocycles. The molecule has 0 saturated carbocycles. The molecule has 1 heterocycles. The second-order valence-electron chi connectivity index (χ2n) is 5.60. The number of rotatable bonds is 4. The molecular formula is C19H17N5O. The third kappa shape index (κ3) is 3.67. The van der Waals surface area contributed by atoms with Crippen LogP contribution in [0, 0.1) is 18.3 Å². The molecule has 6 nitrogen and oxygen atoms in total. The molecule has 1 aromatic heterocycles. The molecule has 0 fully saturated rings. The number of nitrogens with zero attached hydrogens (tertiary/aromatic N) is 3. The van der Waals surface area contributed by atoms with Crippen molar-refractivity contribution in [1.29, 1.82) is 5.26 Å². The number of aryl methyl sites for hydroxylation is 1. The Bertz CT molecular complexity index is 928. The third-order valence-electron chi connectivity index (χ3n) is 3.72. The normalized spacial score (nSPS) is 10.2. The van der Waals surface area contributed by atoms with Crippen LogP contribution in [0.5, 0.6) is 5.75 Å². The van der Waals surface area contributed by atoms with Gasteiger partial charge in [0.25, 0.3) is 0 Å².